The topological polar surface area (TPSA) is 215 Å². The van der Waals surface area contributed by atoms with Gasteiger partial charge in [-0.05, 0) is 59.7 Å². The van der Waals surface area contributed by atoms with E-state index in [9.17, 15) is 40.2 Å². The van der Waals surface area contributed by atoms with Gasteiger partial charge in [0.05, 0.1) is 0 Å². The zero-order chi connectivity index (χ0) is 29.6. The number of hydrogen-bond donors (Lipinski definition) is 7. The average molecular weight is 552 g/mol. The maximum atomic E-state index is 12.4. The maximum Gasteiger partial charge on any atom is 0.345 e. The molecule has 0 radical (unpaired) electrons. The van der Waals surface area contributed by atoms with Crippen molar-refractivity contribution in [2.24, 2.45) is 0 Å². The second-order valence-corrected chi connectivity index (χ2v) is 8.37. The molecule has 0 fully saturated rings. The summed E-state index contributed by atoms with van der Waals surface area (Å²) in [5.41, 5.74) is 1.33. The number of carbonyl (C=O) groups excluding carboxylic acids is 1. The predicted molar refractivity (Wildman–Crippen MR) is 140 cm³/mol. The summed E-state index contributed by atoms with van der Waals surface area (Å²) in [5, 5.41) is 65.7. The lowest BCUT2D eigenvalue weighted by atomic mass is 10.1. The zero-order valence-corrected chi connectivity index (χ0v) is 20.8. The molecule has 0 spiro atoms. The normalized spacial score (nSPS) is 11.5. The molecule has 12 heteroatoms. The SMILES string of the molecule is CC(=O)O.O=C(/C=C/c1ccc(O)c2oc(-c3ccc(O)c(O)c3)cc12)OC(Cc1ccc(O)c(O)c1)C(=O)O. The van der Waals surface area contributed by atoms with Gasteiger partial charge in [-0.15, -0.1) is 0 Å². The Bertz CT molecular complexity index is 1590. The number of fused-ring (bicyclic) bond motifs is 1. The van der Waals surface area contributed by atoms with Crippen molar-refractivity contribution < 1.29 is 59.3 Å². The van der Waals surface area contributed by atoms with Crippen molar-refractivity contribution >= 4 is 35.0 Å². The third kappa shape index (κ3) is 7.22. The molecule has 4 aromatic rings. The van der Waals surface area contributed by atoms with Crippen LogP contribution in [-0.4, -0.2) is 59.8 Å². The van der Waals surface area contributed by atoms with E-state index in [1.165, 1.54) is 54.6 Å². The Morgan fingerprint density at radius 1 is 0.825 bits per heavy atom. The van der Waals surface area contributed by atoms with Crippen molar-refractivity contribution in [1.82, 2.24) is 0 Å². The highest BCUT2D eigenvalue weighted by atomic mass is 16.6. The van der Waals surface area contributed by atoms with Crippen molar-refractivity contribution in [3.63, 3.8) is 0 Å². The molecule has 0 saturated heterocycles. The Hall–Kier alpha value is -5.65. The van der Waals surface area contributed by atoms with Gasteiger partial charge in [0.25, 0.3) is 5.97 Å². The van der Waals surface area contributed by atoms with Gasteiger partial charge < -0.3 is 44.9 Å². The van der Waals surface area contributed by atoms with Crippen LogP contribution >= 0.6 is 0 Å². The molecule has 7 N–H and O–H groups in total. The van der Waals surface area contributed by atoms with Crippen molar-refractivity contribution in [3.8, 4) is 40.1 Å². The number of phenolic OH excluding ortho intramolecular Hbond substituents is 5. The number of carboxylic acids is 2. The molecule has 4 rings (SSSR count). The zero-order valence-electron chi connectivity index (χ0n) is 20.8. The van der Waals surface area contributed by atoms with Crippen LogP contribution in [-0.2, 0) is 25.5 Å². The van der Waals surface area contributed by atoms with Crippen LogP contribution in [0.3, 0.4) is 0 Å². The molecule has 1 heterocycles. The van der Waals surface area contributed by atoms with Gasteiger partial charge in [0, 0.05) is 30.4 Å². The summed E-state index contributed by atoms with van der Waals surface area (Å²) in [5.74, 6) is -4.51. The van der Waals surface area contributed by atoms with E-state index in [0.29, 0.717) is 22.1 Å². The van der Waals surface area contributed by atoms with E-state index in [1.54, 1.807) is 6.07 Å². The first-order valence-electron chi connectivity index (χ1n) is 11.5. The molecule has 208 valence electrons. The molecule has 0 amide bonds. The Morgan fingerprint density at radius 3 is 2.02 bits per heavy atom. The number of phenols is 5. The number of aromatic hydroxyl groups is 5. The van der Waals surface area contributed by atoms with Gasteiger partial charge in [0.15, 0.2) is 34.3 Å². The van der Waals surface area contributed by atoms with Gasteiger partial charge in [-0.3, -0.25) is 4.79 Å². The highest BCUT2D eigenvalue weighted by molar-refractivity contribution is 5.97. The fourth-order valence-electron chi connectivity index (χ4n) is 3.52. The van der Waals surface area contributed by atoms with Gasteiger partial charge in [0.1, 0.15) is 5.76 Å². The summed E-state index contributed by atoms with van der Waals surface area (Å²) in [6.07, 6.45) is 0.600. The molecular formula is C28H24O12. The van der Waals surface area contributed by atoms with Gasteiger partial charge in [-0.25, -0.2) is 9.59 Å². The minimum absolute atomic E-state index is 0.114. The summed E-state index contributed by atoms with van der Waals surface area (Å²) in [6, 6.07) is 12.3. The lowest BCUT2D eigenvalue weighted by Gasteiger charge is -2.13. The molecule has 0 aliphatic rings. The van der Waals surface area contributed by atoms with E-state index in [2.05, 4.69) is 0 Å². The minimum Gasteiger partial charge on any atom is -0.504 e. The number of ether oxygens (including phenoxy) is 1. The molecule has 1 unspecified atom stereocenters. The first-order chi connectivity index (χ1) is 18.8. The van der Waals surface area contributed by atoms with Crippen LogP contribution in [0, 0.1) is 0 Å². The van der Waals surface area contributed by atoms with E-state index in [4.69, 9.17) is 19.1 Å². The van der Waals surface area contributed by atoms with Crippen LogP contribution in [0.2, 0.25) is 0 Å². The fourth-order valence-corrected chi connectivity index (χ4v) is 3.52. The van der Waals surface area contributed by atoms with E-state index in [1.807, 2.05) is 0 Å². The highest BCUT2D eigenvalue weighted by Crippen LogP contribution is 2.38. The van der Waals surface area contributed by atoms with Crippen LogP contribution in [0.25, 0.3) is 28.4 Å². The van der Waals surface area contributed by atoms with Crippen molar-refractivity contribution in [2.45, 2.75) is 19.4 Å². The van der Waals surface area contributed by atoms with Gasteiger partial charge in [-0.1, -0.05) is 12.1 Å². The predicted octanol–water partition coefficient (Wildman–Crippen LogP) is 3.97. The smallest absolute Gasteiger partial charge is 0.345 e. The number of furan rings is 1. The van der Waals surface area contributed by atoms with Gasteiger partial charge in [-0.2, -0.15) is 0 Å². The van der Waals surface area contributed by atoms with E-state index in [0.717, 1.165) is 13.0 Å². The highest BCUT2D eigenvalue weighted by Gasteiger charge is 2.22. The summed E-state index contributed by atoms with van der Waals surface area (Å²) in [7, 11) is 0. The second-order valence-electron chi connectivity index (χ2n) is 8.37. The largest absolute Gasteiger partial charge is 0.504 e. The van der Waals surface area contributed by atoms with Crippen molar-refractivity contribution in [2.75, 3.05) is 0 Å². The van der Waals surface area contributed by atoms with Gasteiger partial charge >= 0.3 is 11.9 Å². The van der Waals surface area contributed by atoms with Crippen LogP contribution < -0.4 is 0 Å². The molecule has 0 aliphatic heterocycles. The Kier molecular flexibility index (Phi) is 8.86. The monoisotopic (exact) mass is 552 g/mol. The first kappa shape index (κ1) is 28.9. The molecular weight excluding hydrogens is 528 g/mol. The lowest BCUT2D eigenvalue weighted by Crippen LogP contribution is -2.28. The first-order valence-corrected chi connectivity index (χ1v) is 11.5. The number of carboxylic acid groups (broad SMARTS) is 2. The summed E-state index contributed by atoms with van der Waals surface area (Å²) in [6.45, 7) is 1.08. The Balaban J connectivity index is 0.00000103. The summed E-state index contributed by atoms with van der Waals surface area (Å²) >= 11 is 0. The van der Waals surface area contributed by atoms with Crippen LogP contribution in [0.1, 0.15) is 18.1 Å². The molecule has 12 nitrogen and oxygen atoms in total. The maximum absolute atomic E-state index is 12.4. The third-order valence-electron chi connectivity index (χ3n) is 5.35. The number of benzene rings is 3. The fraction of sp³-hybridized carbons (Fsp3) is 0.107. The third-order valence-corrected chi connectivity index (χ3v) is 5.35. The second kappa shape index (κ2) is 12.3. The molecule has 1 atom stereocenters. The molecule has 0 bridgehead atoms. The van der Waals surface area contributed by atoms with Crippen LogP contribution in [0.4, 0.5) is 0 Å². The van der Waals surface area contributed by atoms with E-state index >= 15 is 0 Å². The van der Waals surface area contributed by atoms with Gasteiger partial charge in [0.2, 0.25) is 6.10 Å². The van der Waals surface area contributed by atoms with E-state index < -0.39 is 29.8 Å². The number of carbonyl (C=O) groups is 3. The number of hydrogen-bond acceptors (Lipinski definition) is 10. The number of aliphatic carboxylic acids is 2. The average Bonchev–Trinajstić information content (AvgIpc) is 3.33. The van der Waals surface area contributed by atoms with Crippen molar-refractivity contribution in [3.05, 3.63) is 71.8 Å². The molecule has 1 aromatic heterocycles. The standard InChI is InChI=1S/C26H20O10.C2H4O2/c27-17-5-1-13(9-20(17)30)10-23(26(33)34)35-24(32)8-4-14-2-7-19(29)25-16(14)12-22(36-25)15-3-6-18(28)21(31)11-15;1-2(3)4/h1-9,11-12,23,27-31H,10H2,(H,33,34);1H3,(H,3,4)/b8-4+;. The Morgan fingerprint density at radius 2 is 1.43 bits per heavy atom. The molecule has 0 saturated carbocycles. The van der Waals surface area contributed by atoms with Crippen molar-refractivity contribution in [1.29, 1.82) is 0 Å². The number of rotatable bonds is 7. The van der Waals surface area contributed by atoms with Crippen LogP contribution in [0.15, 0.2) is 65.1 Å². The summed E-state index contributed by atoms with van der Waals surface area (Å²) in [4.78, 5) is 32.9. The summed E-state index contributed by atoms with van der Waals surface area (Å²) < 4.78 is 10.7. The quantitative estimate of drug-likeness (QED) is 0.0985. The molecule has 3 aromatic carbocycles. The Labute approximate surface area is 225 Å². The lowest BCUT2D eigenvalue weighted by molar-refractivity contribution is -0.160. The van der Waals surface area contributed by atoms with Crippen LogP contribution in [0.5, 0.6) is 28.7 Å². The molecule has 0 aliphatic carbocycles. The molecule has 40 heavy (non-hydrogen) atoms. The number of esters is 1. The van der Waals surface area contributed by atoms with E-state index in [-0.39, 0.29) is 40.8 Å². The minimum atomic E-state index is -1.55.